The van der Waals surface area contributed by atoms with E-state index < -0.39 is 60.1 Å². The molecule has 78 heavy (non-hydrogen) atoms. The topological polar surface area (TPSA) is 296 Å². The molecule has 0 bridgehead atoms. The van der Waals surface area contributed by atoms with E-state index in [-0.39, 0.29) is 80.5 Å². The maximum atomic E-state index is 13.2. The van der Waals surface area contributed by atoms with Gasteiger partial charge in [0.05, 0.1) is 30.4 Å². The van der Waals surface area contributed by atoms with Gasteiger partial charge in [-0.3, -0.25) is 38.5 Å². The monoisotopic (exact) mass is 1090 g/mol. The normalized spacial score (nSPS) is 16.8. The van der Waals surface area contributed by atoms with E-state index in [1.165, 1.54) is 24.8 Å². The van der Waals surface area contributed by atoms with Crippen LogP contribution in [0.1, 0.15) is 123 Å². The van der Waals surface area contributed by atoms with Gasteiger partial charge in [0.25, 0.3) is 0 Å². The molecule has 22 nitrogen and oxygen atoms in total. The maximum Gasteiger partial charge on any atom is 0.407 e. The molecule has 430 valence electrons. The van der Waals surface area contributed by atoms with E-state index >= 15 is 0 Å². The third-order valence-corrected chi connectivity index (χ3v) is 13.8. The summed E-state index contributed by atoms with van der Waals surface area (Å²) in [6.45, 7) is 15.0. The van der Waals surface area contributed by atoms with E-state index in [0.29, 0.717) is 55.8 Å². The lowest BCUT2D eigenvalue weighted by molar-refractivity contribution is -0.141. The molecule has 1 aromatic heterocycles. The summed E-state index contributed by atoms with van der Waals surface area (Å²) in [4.78, 5) is 103. The van der Waals surface area contributed by atoms with Gasteiger partial charge in [-0.1, -0.05) is 74.9 Å². The summed E-state index contributed by atoms with van der Waals surface area (Å²) < 4.78 is 18.4. The first kappa shape index (κ1) is 63.8. The number of benzene rings is 2. The Morgan fingerprint density at radius 3 is 2.17 bits per heavy atom. The predicted molar refractivity (Wildman–Crippen MR) is 293 cm³/mol. The van der Waals surface area contributed by atoms with Gasteiger partial charge in [-0.25, -0.2) is 9.48 Å². The Morgan fingerprint density at radius 2 is 1.54 bits per heavy atom. The number of amides is 8. The molecule has 1 aliphatic heterocycles. The number of rotatable bonds is 29. The van der Waals surface area contributed by atoms with Crippen LogP contribution in [-0.2, 0) is 72.9 Å². The number of likely N-dealkylation sites (tertiary alicyclic amines) is 1. The smallest absolute Gasteiger partial charge is 0.407 e. The Balaban J connectivity index is 0.00000250. The van der Waals surface area contributed by atoms with Crippen molar-refractivity contribution >= 4 is 53.1 Å². The lowest BCUT2D eigenvalue weighted by Gasteiger charge is -2.30. The molecule has 1 saturated carbocycles. The van der Waals surface area contributed by atoms with Gasteiger partial charge in [-0.15, -0.1) is 5.10 Å². The molecular formula is C56H85N11O11. The van der Waals surface area contributed by atoms with Crippen LogP contribution >= 0.6 is 0 Å². The van der Waals surface area contributed by atoms with Crippen molar-refractivity contribution in [2.75, 3.05) is 58.4 Å². The molecular weight excluding hydrogens is 1000 g/mol. The number of hydrogen-bond donors (Lipinski definition) is 7. The number of carbonyl (C=O) groups excluding carboxylic acids is 8. The van der Waals surface area contributed by atoms with Gasteiger partial charge in [-0.2, -0.15) is 0 Å². The third-order valence-electron chi connectivity index (χ3n) is 13.8. The number of nitrogens with one attached hydrogen (secondary N) is 6. The van der Waals surface area contributed by atoms with Crippen LogP contribution in [0, 0.1) is 23.7 Å². The van der Waals surface area contributed by atoms with Crippen molar-refractivity contribution in [3.63, 3.8) is 0 Å². The van der Waals surface area contributed by atoms with Crippen LogP contribution in [0.3, 0.4) is 0 Å². The number of anilines is 1. The Labute approximate surface area is 459 Å². The first-order valence-electron chi connectivity index (χ1n) is 27.2. The molecule has 2 fully saturated rings. The Kier molecular flexibility index (Phi) is 26.3. The molecule has 2 aliphatic rings. The number of aromatic nitrogens is 3. The fourth-order valence-electron chi connectivity index (χ4n) is 8.74. The number of alkyl carbamates (subject to hydrolysis) is 1. The second kappa shape index (κ2) is 32.2. The van der Waals surface area contributed by atoms with Gasteiger partial charge < -0.3 is 51.8 Å². The Morgan fingerprint density at radius 1 is 0.846 bits per heavy atom. The number of nitrogens with zero attached hydrogens (tertiary/aromatic N) is 4. The predicted octanol–water partition coefficient (Wildman–Crippen LogP) is 4.26. The molecule has 2 atom stereocenters. The van der Waals surface area contributed by atoms with Crippen LogP contribution in [-0.4, -0.2) is 132 Å². The van der Waals surface area contributed by atoms with Crippen LogP contribution in [0.25, 0.3) is 0 Å². The van der Waals surface area contributed by atoms with E-state index in [2.05, 4.69) is 49.1 Å². The quantitative estimate of drug-likeness (QED) is 0.0479. The number of nitrogens with two attached hydrogens (primary N) is 1. The zero-order chi connectivity index (χ0) is 57.3. The van der Waals surface area contributed by atoms with Crippen molar-refractivity contribution in [2.45, 2.75) is 143 Å². The van der Waals surface area contributed by atoms with Crippen LogP contribution in [0.2, 0.25) is 0 Å². The van der Waals surface area contributed by atoms with Gasteiger partial charge in [-0.05, 0) is 114 Å². The molecule has 22 heteroatoms. The summed E-state index contributed by atoms with van der Waals surface area (Å²) >= 11 is 0. The number of unbranched alkanes of at least 4 members (excludes halogenated alkanes) is 1. The largest absolute Gasteiger partial charge is 0.445 e. The molecule has 5 rings (SSSR count). The van der Waals surface area contributed by atoms with Gasteiger partial charge >= 0.3 is 6.09 Å². The van der Waals surface area contributed by atoms with Crippen molar-refractivity contribution < 1.29 is 52.6 Å². The van der Waals surface area contributed by atoms with Crippen LogP contribution in [0.15, 0.2) is 60.8 Å². The molecule has 1 saturated heterocycles. The van der Waals surface area contributed by atoms with Crippen LogP contribution in [0.5, 0.6) is 0 Å². The Hall–Kier alpha value is -6.78. The highest BCUT2D eigenvalue weighted by molar-refractivity contribution is 6.03. The van der Waals surface area contributed by atoms with E-state index in [1.807, 2.05) is 53.8 Å². The van der Waals surface area contributed by atoms with Crippen molar-refractivity contribution in [1.29, 1.82) is 0 Å². The molecule has 8 N–H and O–H groups in total. The lowest BCUT2D eigenvalue weighted by Crippen LogP contribution is -2.50. The second-order valence-corrected chi connectivity index (χ2v) is 21.5. The minimum absolute atomic E-state index is 0.0361. The number of ether oxygens (including phenoxy) is 3. The van der Waals surface area contributed by atoms with Gasteiger partial charge in [0.15, 0.2) is 0 Å². The Bertz CT molecular complexity index is 2400. The van der Waals surface area contributed by atoms with E-state index in [9.17, 15) is 38.4 Å². The number of carbonyl (C=O) groups is 8. The summed E-state index contributed by atoms with van der Waals surface area (Å²) in [6.07, 6.45) is 8.13. The lowest BCUT2D eigenvalue weighted by atomic mass is 9.81. The van der Waals surface area contributed by atoms with Crippen LogP contribution < -0.4 is 37.6 Å². The summed E-state index contributed by atoms with van der Waals surface area (Å²) in [5, 5.41) is 24.7. The van der Waals surface area contributed by atoms with E-state index in [0.717, 1.165) is 24.9 Å². The molecule has 8 amide bonds. The molecule has 2 aromatic carbocycles. The average Bonchev–Trinajstić information content (AvgIpc) is 4.01. The van der Waals surface area contributed by atoms with Crippen molar-refractivity contribution in [1.82, 2.24) is 46.5 Å². The summed E-state index contributed by atoms with van der Waals surface area (Å²) in [7, 11) is 1.46. The maximum absolute atomic E-state index is 13.2. The first-order chi connectivity index (χ1) is 37.1. The fourth-order valence-corrected chi connectivity index (χ4v) is 8.74. The highest BCUT2D eigenvalue weighted by Crippen LogP contribution is 2.33. The van der Waals surface area contributed by atoms with E-state index in [1.54, 1.807) is 53.2 Å². The molecule has 2 heterocycles. The summed E-state index contributed by atoms with van der Waals surface area (Å²) in [5.41, 5.74) is 6.67. The summed E-state index contributed by atoms with van der Waals surface area (Å²) in [5.74, 6) is -2.36. The standard InChI is InChI=1S/C52H74N10O11.C4H11N/c1-34(2)41-26-46(66)61(49(41)69)29-36-13-17-38(18-14-36)47(67)55-27-40-30-62(60-59-40)51(3,4)22-24-73-52(5,6)21-23-54-44(64)32-71-33-45(65)58-42(25-35-11-9-8-10-12-35)48(68)56-28-43(63)57-39-19-15-37(16-20-39)31-72-50(70)53-7;1-2-3-4-5/h8-12,15-16,19-20,30,34,36,38,41-42H,13-14,17-18,21-29,31-33H2,1-7H3,(H,53,70)(H,54,64)(H,55,67)(H,56,68)(H,57,63)(H,58,65);2-5H2,1H3. The summed E-state index contributed by atoms with van der Waals surface area (Å²) in [6, 6.07) is 14.6. The number of hydrogen-bond acceptors (Lipinski definition) is 14. The first-order valence-corrected chi connectivity index (χ1v) is 27.2. The second-order valence-electron chi connectivity index (χ2n) is 21.5. The molecule has 1 aliphatic carbocycles. The number of imide groups is 1. The van der Waals surface area contributed by atoms with Gasteiger partial charge in [0.2, 0.25) is 41.4 Å². The molecule has 0 radical (unpaired) electrons. The van der Waals surface area contributed by atoms with Crippen LogP contribution in [0.4, 0.5) is 10.5 Å². The minimum atomic E-state index is -1.04. The zero-order valence-electron chi connectivity index (χ0n) is 47.0. The van der Waals surface area contributed by atoms with Crippen molar-refractivity contribution in [2.24, 2.45) is 29.4 Å². The minimum Gasteiger partial charge on any atom is -0.445 e. The van der Waals surface area contributed by atoms with Crippen molar-refractivity contribution in [3.05, 3.63) is 77.6 Å². The van der Waals surface area contributed by atoms with E-state index in [4.69, 9.17) is 19.9 Å². The average molecular weight is 1090 g/mol. The highest BCUT2D eigenvalue weighted by atomic mass is 16.5. The SMILES string of the molecule is CCCCN.CNC(=O)OCc1ccc(NC(=O)CNC(=O)C(Cc2ccccc2)NC(=O)COCC(=O)NCCC(C)(C)OCCC(C)(C)n2cc(CNC(=O)C3CCC(CN4C(=O)CC(C(C)C)C4=O)CC3)nn2)cc1. The third kappa shape index (κ3) is 22.3. The van der Waals surface area contributed by atoms with Crippen molar-refractivity contribution in [3.8, 4) is 0 Å². The molecule has 2 unspecified atom stereocenters. The molecule has 0 spiro atoms. The fraction of sp³-hybridized carbons (Fsp3) is 0.607. The highest BCUT2D eigenvalue weighted by Gasteiger charge is 2.41. The van der Waals surface area contributed by atoms with Gasteiger partial charge in [0, 0.05) is 57.1 Å². The zero-order valence-corrected chi connectivity index (χ0v) is 47.0. The molecule has 3 aromatic rings. The van der Waals surface area contributed by atoms with Gasteiger partial charge in [0.1, 0.15) is 31.6 Å².